The van der Waals surface area contributed by atoms with Gasteiger partial charge in [0.05, 0.1) is 11.7 Å². The van der Waals surface area contributed by atoms with Crippen molar-refractivity contribution in [3.8, 4) is 0 Å². The zero-order chi connectivity index (χ0) is 14.8. The molecule has 1 heterocycles. The van der Waals surface area contributed by atoms with Gasteiger partial charge in [-0.05, 0) is 12.1 Å². The number of nitrogens with zero attached hydrogens (tertiary/aromatic N) is 2. The topological polar surface area (TPSA) is 91.5 Å². The first-order chi connectivity index (χ1) is 9.39. The van der Waals surface area contributed by atoms with E-state index in [2.05, 4.69) is 4.99 Å². The van der Waals surface area contributed by atoms with Gasteiger partial charge in [0.25, 0.3) is 5.92 Å². The number of aliphatic imine (C=N–C) groups is 1. The number of nitrogens with two attached hydrogens (primary N) is 2. The first kappa shape index (κ1) is 14.2. The average molecular weight is 281 g/mol. The van der Waals surface area contributed by atoms with Crippen molar-refractivity contribution in [2.45, 2.75) is 24.8 Å². The van der Waals surface area contributed by atoms with E-state index in [0.29, 0.717) is 5.69 Å². The van der Waals surface area contributed by atoms with E-state index in [1.54, 1.807) is 24.3 Å². The molecule has 7 heteroatoms. The Morgan fingerprint density at radius 2 is 1.95 bits per heavy atom. The maximum absolute atomic E-state index is 13.5. The summed E-state index contributed by atoms with van der Waals surface area (Å²) in [6.07, 6.45) is -0.809. The monoisotopic (exact) mass is 281 g/mol. The smallest absolute Gasteiger partial charge is 0.252 e. The number of nitrogens with one attached hydrogen (secondary N) is 1. The van der Waals surface area contributed by atoms with E-state index in [1.807, 2.05) is 6.07 Å². The molecule has 5 N–H and O–H groups in total. The van der Waals surface area contributed by atoms with Crippen LogP contribution in [0.2, 0.25) is 0 Å². The predicted molar refractivity (Wildman–Crippen MR) is 74.3 cm³/mol. The zero-order valence-corrected chi connectivity index (χ0v) is 10.9. The number of likely N-dealkylation sites (tertiary alicyclic amines) is 1. The van der Waals surface area contributed by atoms with Crippen LogP contribution in [0.1, 0.15) is 12.8 Å². The molecule has 1 aromatic carbocycles. The molecule has 1 aliphatic heterocycles. The van der Waals surface area contributed by atoms with E-state index >= 15 is 0 Å². The number of alkyl halides is 2. The van der Waals surface area contributed by atoms with E-state index in [4.69, 9.17) is 16.9 Å². The Labute approximate surface area is 115 Å². The van der Waals surface area contributed by atoms with Crippen LogP contribution in [0.3, 0.4) is 0 Å². The van der Waals surface area contributed by atoms with Crippen molar-refractivity contribution in [2.24, 2.45) is 16.5 Å². The maximum Gasteiger partial charge on any atom is 0.252 e. The van der Waals surface area contributed by atoms with Crippen molar-refractivity contribution in [3.05, 3.63) is 30.3 Å². The third-order valence-corrected chi connectivity index (χ3v) is 3.25. The molecule has 0 aromatic heterocycles. The quantitative estimate of drug-likeness (QED) is 0.569. The Morgan fingerprint density at radius 3 is 2.55 bits per heavy atom. The lowest BCUT2D eigenvalue weighted by Crippen LogP contribution is -2.56. The summed E-state index contributed by atoms with van der Waals surface area (Å²) in [5.41, 5.74) is 11.9. The number of benzene rings is 1. The Morgan fingerprint density at radius 1 is 1.30 bits per heavy atom. The minimum Gasteiger partial charge on any atom is -0.385 e. The summed E-state index contributed by atoms with van der Waals surface area (Å²) in [6.45, 7) is -0.00197. The minimum absolute atomic E-state index is 0.00197. The molecular formula is C13H17F2N5. The van der Waals surface area contributed by atoms with Crippen molar-refractivity contribution in [1.82, 2.24) is 4.90 Å². The Bertz CT molecular complexity index is 515. The van der Waals surface area contributed by atoms with E-state index in [1.165, 1.54) is 4.90 Å². The van der Waals surface area contributed by atoms with Gasteiger partial charge in [-0.15, -0.1) is 0 Å². The summed E-state index contributed by atoms with van der Waals surface area (Å²) in [4.78, 5) is 5.51. The average Bonchev–Trinajstić information content (AvgIpc) is 2.38. The zero-order valence-electron chi connectivity index (χ0n) is 10.9. The second-order valence-electron chi connectivity index (χ2n) is 4.78. The van der Waals surface area contributed by atoms with Gasteiger partial charge in [0.15, 0.2) is 5.96 Å². The molecular weight excluding hydrogens is 264 g/mol. The SMILES string of the molecule is N=C(N)N1CCC(F)(F)CC1C(N)=Nc1ccccc1. The second kappa shape index (κ2) is 5.44. The molecule has 0 saturated carbocycles. The van der Waals surface area contributed by atoms with Gasteiger partial charge in [0.2, 0.25) is 0 Å². The summed E-state index contributed by atoms with van der Waals surface area (Å²) >= 11 is 0. The number of hydrogen-bond donors (Lipinski definition) is 3. The van der Waals surface area contributed by atoms with Crippen molar-refractivity contribution in [1.29, 1.82) is 5.41 Å². The number of rotatable bonds is 2. The van der Waals surface area contributed by atoms with Gasteiger partial charge < -0.3 is 16.4 Å². The largest absolute Gasteiger partial charge is 0.385 e. The highest BCUT2D eigenvalue weighted by Crippen LogP contribution is 2.32. The molecule has 2 rings (SSSR count). The van der Waals surface area contributed by atoms with Crippen LogP contribution in [0.25, 0.3) is 0 Å². The van der Waals surface area contributed by atoms with Crippen molar-refractivity contribution in [3.63, 3.8) is 0 Å². The lowest BCUT2D eigenvalue weighted by atomic mass is 9.98. The first-order valence-electron chi connectivity index (χ1n) is 6.27. The molecule has 0 amide bonds. The molecule has 0 aliphatic carbocycles. The van der Waals surface area contributed by atoms with Crippen molar-refractivity contribution in [2.75, 3.05) is 6.54 Å². The van der Waals surface area contributed by atoms with E-state index in [9.17, 15) is 8.78 Å². The summed E-state index contributed by atoms with van der Waals surface area (Å²) in [5, 5.41) is 7.47. The van der Waals surface area contributed by atoms with Gasteiger partial charge in [-0.25, -0.2) is 13.8 Å². The van der Waals surface area contributed by atoms with Gasteiger partial charge in [0, 0.05) is 19.4 Å². The number of hydrogen-bond acceptors (Lipinski definition) is 2. The molecule has 1 aromatic rings. The van der Waals surface area contributed by atoms with Crippen LogP contribution < -0.4 is 11.5 Å². The van der Waals surface area contributed by atoms with Crippen LogP contribution in [0, 0.1) is 5.41 Å². The van der Waals surface area contributed by atoms with Gasteiger partial charge in [-0.2, -0.15) is 0 Å². The number of piperidine rings is 1. The lowest BCUT2D eigenvalue weighted by molar-refractivity contribution is -0.0526. The predicted octanol–water partition coefficient (Wildman–Crippen LogP) is 1.67. The van der Waals surface area contributed by atoms with Crippen LogP contribution >= 0.6 is 0 Å². The number of amidine groups is 1. The third kappa shape index (κ3) is 3.23. The highest BCUT2D eigenvalue weighted by molar-refractivity contribution is 5.92. The Hall–Kier alpha value is -2.18. The number of guanidine groups is 1. The Balaban J connectivity index is 2.26. The second-order valence-corrected chi connectivity index (χ2v) is 4.78. The first-order valence-corrected chi connectivity index (χ1v) is 6.27. The van der Waals surface area contributed by atoms with Crippen LogP contribution in [0.5, 0.6) is 0 Å². The van der Waals surface area contributed by atoms with E-state index in [-0.39, 0.29) is 24.8 Å². The molecule has 1 fully saturated rings. The van der Waals surface area contributed by atoms with Gasteiger partial charge in [-0.3, -0.25) is 5.41 Å². The summed E-state index contributed by atoms with van der Waals surface area (Å²) < 4.78 is 27.1. The van der Waals surface area contributed by atoms with Gasteiger partial charge in [-0.1, -0.05) is 18.2 Å². The molecule has 108 valence electrons. The molecule has 0 spiro atoms. The molecule has 0 radical (unpaired) electrons. The van der Waals surface area contributed by atoms with Crippen LogP contribution in [0.4, 0.5) is 14.5 Å². The lowest BCUT2D eigenvalue weighted by Gasteiger charge is -2.39. The molecule has 1 aliphatic rings. The number of halogens is 2. The maximum atomic E-state index is 13.5. The molecule has 1 unspecified atom stereocenters. The molecule has 1 saturated heterocycles. The summed E-state index contributed by atoms with van der Waals surface area (Å²) in [5.74, 6) is -3.03. The Kier molecular flexibility index (Phi) is 3.87. The van der Waals surface area contributed by atoms with Crippen LogP contribution in [-0.2, 0) is 0 Å². The molecule has 20 heavy (non-hydrogen) atoms. The fourth-order valence-corrected chi connectivity index (χ4v) is 2.21. The fraction of sp³-hybridized carbons (Fsp3) is 0.385. The molecule has 1 atom stereocenters. The third-order valence-electron chi connectivity index (χ3n) is 3.25. The highest BCUT2D eigenvalue weighted by Gasteiger charge is 2.42. The van der Waals surface area contributed by atoms with E-state index < -0.39 is 18.4 Å². The number of para-hydroxylation sites is 1. The molecule has 5 nitrogen and oxygen atoms in total. The van der Waals surface area contributed by atoms with Gasteiger partial charge >= 0.3 is 0 Å². The van der Waals surface area contributed by atoms with Gasteiger partial charge in [0.1, 0.15) is 5.84 Å². The summed E-state index contributed by atoms with van der Waals surface area (Å²) in [6, 6.07) is 8.00. The molecule has 0 bridgehead atoms. The van der Waals surface area contributed by atoms with Crippen molar-refractivity contribution < 1.29 is 8.78 Å². The van der Waals surface area contributed by atoms with E-state index in [0.717, 1.165) is 0 Å². The van der Waals surface area contributed by atoms with Crippen LogP contribution in [0.15, 0.2) is 35.3 Å². The standard InChI is InChI=1S/C13H17F2N5/c14-13(15)6-7-20(12(17)18)10(8-13)11(16)19-9-4-2-1-3-5-9/h1-5,10H,6-8H2,(H2,16,19)(H3,17,18). The van der Waals surface area contributed by atoms with Crippen molar-refractivity contribution >= 4 is 17.5 Å². The normalized spacial score (nSPS) is 22.6. The summed E-state index contributed by atoms with van der Waals surface area (Å²) in [7, 11) is 0. The highest BCUT2D eigenvalue weighted by atomic mass is 19.3. The van der Waals surface area contributed by atoms with Crippen LogP contribution in [-0.4, -0.2) is 35.2 Å². The fourth-order valence-electron chi connectivity index (χ4n) is 2.21. The minimum atomic E-state index is -2.81.